The maximum atomic E-state index is 10.8. The summed E-state index contributed by atoms with van der Waals surface area (Å²) >= 11 is 1.05. The molecule has 0 atom stereocenters. The molecule has 2 rings (SSSR count). The molecule has 0 aromatic heterocycles. The zero-order chi connectivity index (χ0) is 17.7. The van der Waals surface area contributed by atoms with Crippen molar-refractivity contribution in [3.63, 3.8) is 0 Å². The van der Waals surface area contributed by atoms with Gasteiger partial charge in [0.25, 0.3) is 0 Å². The first kappa shape index (κ1) is 19.2. The molecule has 0 aliphatic heterocycles. The molecule has 0 spiro atoms. The smallest absolute Gasteiger partial charge is 0.150 e. The summed E-state index contributed by atoms with van der Waals surface area (Å²) in [5, 5.41) is 11.5. The van der Waals surface area contributed by atoms with E-state index in [1.807, 2.05) is 54.6 Å². The second-order valence-electron chi connectivity index (χ2n) is 5.21. The van der Waals surface area contributed by atoms with Crippen molar-refractivity contribution in [3.8, 4) is 5.75 Å². The summed E-state index contributed by atoms with van der Waals surface area (Å²) in [6.07, 6.45) is 6.59. The maximum Gasteiger partial charge on any atom is 0.150 e. The van der Waals surface area contributed by atoms with Crippen LogP contribution in [0.4, 0.5) is 0 Å². The van der Waals surface area contributed by atoms with Crippen molar-refractivity contribution in [2.75, 3.05) is 12.4 Å². The molecule has 0 fully saturated rings. The third kappa shape index (κ3) is 7.53. The maximum absolute atomic E-state index is 10.8. The SMILES string of the molecule is O=Cc1cccc(/C=C/c2ccc(OCCCCSOOO)cc2)c1. The normalized spacial score (nSPS) is 10.9. The van der Waals surface area contributed by atoms with Crippen LogP contribution in [-0.2, 0) is 9.37 Å². The Kier molecular flexibility index (Phi) is 8.79. The van der Waals surface area contributed by atoms with E-state index in [0.717, 1.165) is 53.8 Å². The van der Waals surface area contributed by atoms with Crippen LogP contribution in [0.2, 0.25) is 0 Å². The molecule has 132 valence electrons. The lowest BCUT2D eigenvalue weighted by Crippen LogP contribution is -1.98. The van der Waals surface area contributed by atoms with E-state index >= 15 is 0 Å². The van der Waals surface area contributed by atoms with Gasteiger partial charge in [0, 0.05) is 23.4 Å². The molecule has 0 aliphatic rings. The van der Waals surface area contributed by atoms with Gasteiger partial charge in [0.15, 0.2) is 0 Å². The molecule has 25 heavy (non-hydrogen) atoms. The largest absolute Gasteiger partial charge is 0.494 e. The molecule has 0 saturated carbocycles. The van der Waals surface area contributed by atoms with Gasteiger partial charge in [-0.2, -0.15) is 0 Å². The van der Waals surface area contributed by atoms with Crippen LogP contribution in [0.3, 0.4) is 0 Å². The van der Waals surface area contributed by atoms with Crippen LogP contribution in [0.15, 0.2) is 48.5 Å². The minimum atomic E-state index is 0.619. The highest BCUT2D eigenvalue weighted by Crippen LogP contribution is 2.16. The topological polar surface area (TPSA) is 65.0 Å². The van der Waals surface area contributed by atoms with Gasteiger partial charge in [-0.1, -0.05) is 47.5 Å². The fourth-order valence-electron chi connectivity index (χ4n) is 2.11. The highest BCUT2D eigenvalue weighted by atomic mass is 32.2. The van der Waals surface area contributed by atoms with Gasteiger partial charge in [-0.25, -0.2) is 5.26 Å². The Labute approximate surface area is 151 Å². The van der Waals surface area contributed by atoms with Gasteiger partial charge in [-0.3, -0.25) is 4.79 Å². The van der Waals surface area contributed by atoms with Crippen LogP contribution < -0.4 is 4.74 Å². The fourth-order valence-corrected chi connectivity index (χ4v) is 2.55. The second-order valence-corrected chi connectivity index (χ2v) is 5.99. The zero-order valence-corrected chi connectivity index (χ0v) is 14.5. The van der Waals surface area contributed by atoms with E-state index in [2.05, 4.69) is 9.37 Å². The number of unbranched alkanes of at least 4 members (excludes halogenated alkanes) is 1. The highest BCUT2D eigenvalue weighted by molar-refractivity contribution is 7.94. The van der Waals surface area contributed by atoms with Crippen molar-refractivity contribution in [1.29, 1.82) is 0 Å². The van der Waals surface area contributed by atoms with E-state index in [4.69, 9.17) is 9.99 Å². The third-order valence-electron chi connectivity index (χ3n) is 3.36. The lowest BCUT2D eigenvalue weighted by molar-refractivity contribution is -0.432. The lowest BCUT2D eigenvalue weighted by atomic mass is 10.1. The first-order chi connectivity index (χ1) is 12.3. The number of ether oxygens (including phenoxy) is 1. The molecule has 0 saturated heterocycles. The fraction of sp³-hybridized carbons (Fsp3) is 0.211. The first-order valence-electron chi connectivity index (χ1n) is 7.88. The van der Waals surface area contributed by atoms with Crippen molar-refractivity contribution in [3.05, 3.63) is 65.2 Å². The standard InChI is InChI=1S/C19H20O5S/c20-15-18-5-3-4-17(14-18)7-6-16-8-10-19(11-9-16)22-12-1-2-13-25-24-23-21/h3-11,14-15,21H,1-2,12-13H2/b7-6+. The van der Waals surface area contributed by atoms with E-state index in [9.17, 15) is 4.79 Å². The number of carbonyl (C=O) groups excluding carboxylic acids is 1. The van der Waals surface area contributed by atoms with E-state index in [0.29, 0.717) is 12.2 Å². The Balaban J connectivity index is 1.75. The Morgan fingerprint density at radius 3 is 2.48 bits per heavy atom. The van der Waals surface area contributed by atoms with Gasteiger partial charge in [-0.15, -0.1) is 4.33 Å². The van der Waals surface area contributed by atoms with Gasteiger partial charge in [0.2, 0.25) is 0 Å². The molecule has 0 amide bonds. The summed E-state index contributed by atoms with van der Waals surface area (Å²) in [6, 6.07) is 15.3. The Hall–Kier alpha value is -2.12. The number of aldehydes is 1. The number of carbonyl (C=O) groups is 1. The van der Waals surface area contributed by atoms with E-state index in [1.54, 1.807) is 6.07 Å². The predicted molar refractivity (Wildman–Crippen MR) is 99.2 cm³/mol. The van der Waals surface area contributed by atoms with Gasteiger partial charge in [0.1, 0.15) is 12.0 Å². The van der Waals surface area contributed by atoms with Crippen LogP contribution in [0, 0.1) is 0 Å². The van der Waals surface area contributed by atoms with Gasteiger partial charge in [-0.05, 0) is 42.2 Å². The van der Waals surface area contributed by atoms with Gasteiger partial charge in [0.05, 0.1) is 6.61 Å². The van der Waals surface area contributed by atoms with E-state index in [-0.39, 0.29) is 0 Å². The van der Waals surface area contributed by atoms with Crippen molar-refractivity contribution in [2.45, 2.75) is 12.8 Å². The number of rotatable bonds is 11. The number of hydrogen-bond donors (Lipinski definition) is 1. The number of hydrogen-bond acceptors (Lipinski definition) is 6. The zero-order valence-electron chi connectivity index (χ0n) is 13.7. The van der Waals surface area contributed by atoms with Crippen molar-refractivity contribution < 1.29 is 24.2 Å². The summed E-state index contributed by atoms with van der Waals surface area (Å²) in [4.78, 5) is 10.8. The quantitative estimate of drug-likeness (QED) is 0.154. The van der Waals surface area contributed by atoms with Crippen LogP contribution >= 0.6 is 12.0 Å². The minimum absolute atomic E-state index is 0.619. The molecule has 1 N–H and O–H groups in total. The van der Waals surface area contributed by atoms with Crippen LogP contribution in [0.5, 0.6) is 5.75 Å². The molecule has 5 nitrogen and oxygen atoms in total. The van der Waals surface area contributed by atoms with Crippen LogP contribution in [0.1, 0.15) is 34.3 Å². The number of benzene rings is 2. The van der Waals surface area contributed by atoms with Gasteiger partial charge < -0.3 is 4.74 Å². The summed E-state index contributed by atoms with van der Waals surface area (Å²) in [6.45, 7) is 0.619. The molecular formula is C19H20O5S. The summed E-state index contributed by atoms with van der Waals surface area (Å²) in [7, 11) is 0. The van der Waals surface area contributed by atoms with Crippen molar-refractivity contribution in [1.82, 2.24) is 0 Å². The van der Waals surface area contributed by atoms with E-state index < -0.39 is 0 Å². The molecule has 0 radical (unpaired) electrons. The molecule has 6 heteroatoms. The highest BCUT2D eigenvalue weighted by Gasteiger charge is 1.96. The first-order valence-corrected chi connectivity index (χ1v) is 8.79. The van der Waals surface area contributed by atoms with Crippen molar-refractivity contribution >= 4 is 30.5 Å². The molecule has 2 aromatic rings. The second kappa shape index (κ2) is 11.4. The molecular weight excluding hydrogens is 340 g/mol. The van der Waals surface area contributed by atoms with Crippen molar-refractivity contribution in [2.24, 2.45) is 0 Å². The molecule has 0 aliphatic carbocycles. The van der Waals surface area contributed by atoms with E-state index in [1.165, 1.54) is 0 Å². The third-order valence-corrected chi connectivity index (χ3v) is 3.98. The molecule has 2 aromatic carbocycles. The summed E-state index contributed by atoms with van der Waals surface area (Å²) in [5.74, 6) is 1.54. The Morgan fingerprint density at radius 2 is 1.72 bits per heavy atom. The van der Waals surface area contributed by atoms with Crippen LogP contribution in [0.25, 0.3) is 12.2 Å². The molecule has 0 heterocycles. The monoisotopic (exact) mass is 360 g/mol. The summed E-state index contributed by atoms with van der Waals surface area (Å²) < 4.78 is 9.95. The Morgan fingerprint density at radius 1 is 0.960 bits per heavy atom. The minimum Gasteiger partial charge on any atom is -0.494 e. The van der Waals surface area contributed by atoms with Crippen LogP contribution in [-0.4, -0.2) is 23.9 Å². The predicted octanol–water partition coefficient (Wildman–Crippen LogP) is 4.90. The summed E-state index contributed by atoms with van der Waals surface area (Å²) in [5.41, 5.74) is 2.71. The van der Waals surface area contributed by atoms with Gasteiger partial charge >= 0.3 is 0 Å². The molecule has 0 bridgehead atoms. The molecule has 0 unspecified atom stereocenters. The lowest BCUT2D eigenvalue weighted by Gasteiger charge is -2.06. The average molecular weight is 360 g/mol. The Bertz CT molecular complexity index is 670. The average Bonchev–Trinajstić information content (AvgIpc) is 2.67.